The van der Waals surface area contributed by atoms with Crippen molar-refractivity contribution >= 4 is 15.8 Å². The van der Waals surface area contributed by atoms with E-state index in [4.69, 9.17) is 9.47 Å². The van der Waals surface area contributed by atoms with Gasteiger partial charge in [0.05, 0.1) is 12.0 Å². The third-order valence-corrected chi connectivity index (χ3v) is 7.22. The van der Waals surface area contributed by atoms with E-state index >= 15 is 0 Å². The van der Waals surface area contributed by atoms with Gasteiger partial charge in [-0.2, -0.15) is 9.29 Å². The Morgan fingerprint density at radius 1 is 0.844 bits per heavy atom. The minimum atomic E-state index is -3.56. The largest absolute Gasteiger partial charge is 0.497 e. The summed E-state index contributed by atoms with van der Waals surface area (Å²) in [6, 6.07) is 16.0. The SMILES string of the molecule is COc1ccc(S(=O)(=O)N2CCN(c3cc(Oc4ccc(C)cc4)nc(C)n3)CC2)cc1. The second-order valence-corrected chi connectivity index (χ2v) is 9.53. The van der Waals surface area contributed by atoms with Gasteiger partial charge < -0.3 is 14.4 Å². The molecule has 8 nitrogen and oxygen atoms in total. The molecule has 3 aromatic rings. The number of rotatable bonds is 6. The Hall–Kier alpha value is -3.17. The average Bonchev–Trinajstić information content (AvgIpc) is 2.80. The van der Waals surface area contributed by atoms with Crippen LogP contribution in [0.1, 0.15) is 11.4 Å². The normalized spacial score (nSPS) is 14.9. The van der Waals surface area contributed by atoms with Crippen LogP contribution in [0.4, 0.5) is 5.82 Å². The smallest absolute Gasteiger partial charge is 0.243 e. The van der Waals surface area contributed by atoms with E-state index in [0.29, 0.717) is 49.4 Å². The predicted octanol–water partition coefficient (Wildman–Crippen LogP) is 3.41. The van der Waals surface area contributed by atoms with E-state index in [1.807, 2.05) is 38.1 Å². The molecule has 0 N–H and O–H groups in total. The van der Waals surface area contributed by atoms with Crippen molar-refractivity contribution in [3.05, 3.63) is 66.0 Å². The Kier molecular flexibility index (Phi) is 6.29. The van der Waals surface area contributed by atoms with Crippen LogP contribution in [0, 0.1) is 13.8 Å². The van der Waals surface area contributed by atoms with Crippen molar-refractivity contribution in [1.29, 1.82) is 0 Å². The number of piperazine rings is 1. The van der Waals surface area contributed by atoms with E-state index in [1.54, 1.807) is 37.4 Å². The van der Waals surface area contributed by atoms with E-state index < -0.39 is 10.0 Å². The third-order valence-electron chi connectivity index (χ3n) is 5.30. The Balaban J connectivity index is 1.45. The van der Waals surface area contributed by atoms with E-state index in [-0.39, 0.29) is 4.90 Å². The molecule has 1 aliphatic rings. The summed E-state index contributed by atoms with van der Waals surface area (Å²) in [5, 5.41) is 0. The molecule has 2 aromatic carbocycles. The van der Waals surface area contributed by atoms with Crippen molar-refractivity contribution in [2.45, 2.75) is 18.7 Å². The van der Waals surface area contributed by atoms with Gasteiger partial charge in [0.2, 0.25) is 15.9 Å². The summed E-state index contributed by atoms with van der Waals surface area (Å²) in [7, 11) is -2.01. The molecule has 0 aliphatic carbocycles. The van der Waals surface area contributed by atoms with Crippen LogP contribution in [-0.4, -0.2) is 56.0 Å². The number of aromatic nitrogens is 2. The summed E-state index contributed by atoms with van der Waals surface area (Å²) in [5.41, 5.74) is 1.15. The molecule has 32 heavy (non-hydrogen) atoms. The molecule has 1 aliphatic heterocycles. The molecule has 0 bridgehead atoms. The van der Waals surface area contributed by atoms with Gasteiger partial charge in [0.25, 0.3) is 0 Å². The number of hydrogen-bond donors (Lipinski definition) is 0. The molecular weight excluding hydrogens is 428 g/mol. The first-order valence-electron chi connectivity index (χ1n) is 10.3. The number of anilines is 1. The van der Waals surface area contributed by atoms with Crippen LogP contribution in [0.2, 0.25) is 0 Å². The van der Waals surface area contributed by atoms with Gasteiger partial charge in [-0.05, 0) is 50.2 Å². The fraction of sp³-hybridized carbons (Fsp3) is 0.304. The highest BCUT2D eigenvalue weighted by atomic mass is 32.2. The first-order valence-corrected chi connectivity index (χ1v) is 11.8. The van der Waals surface area contributed by atoms with Crippen LogP contribution in [-0.2, 0) is 10.0 Å². The van der Waals surface area contributed by atoms with Gasteiger partial charge in [0.15, 0.2) is 0 Å². The van der Waals surface area contributed by atoms with Crippen molar-refractivity contribution in [1.82, 2.24) is 14.3 Å². The molecule has 1 fully saturated rings. The summed E-state index contributed by atoms with van der Waals surface area (Å²) >= 11 is 0. The molecule has 1 saturated heterocycles. The zero-order valence-corrected chi connectivity index (χ0v) is 19.2. The Morgan fingerprint density at radius 3 is 2.09 bits per heavy atom. The maximum atomic E-state index is 13.0. The maximum absolute atomic E-state index is 13.0. The summed E-state index contributed by atoms with van der Waals surface area (Å²) in [6.45, 7) is 5.61. The molecule has 0 unspecified atom stereocenters. The number of nitrogens with zero attached hydrogens (tertiary/aromatic N) is 4. The maximum Gasteiger partial charge on any atom is 0.243 e. The number of hydrogen-bond acceptors (Lipinski definition) is 7. The number of methoxy groups -OCH3 is 1. The second kappa shape index (κ2) is 9.13. The average molecular weight is 455 g/mol. The van der Waals surface area contributed by atoms with Crippen molar-refractivity contribution in [3.8, 4) is 17.4 Å². The third kappa shape index (κ3) is 4.84. The van der Waals surface area contributed by atoms with Crippen molar-refractivity contribution < 1.29 is 17.9 Å². The molecule has 0 saturated carbocycles. The highest BCUT2D eigenvalue weighted by Crippen LogP contribution is 2.26. The van der Waals surface area contributed by atoms with Crippen molar-refractivity contribution in [2.75, 3.05) is 38.2 Å². The standard InChI is InChI=1S/C23H26N4O4S/c1-17-4-6-20(7-5-17)31-23-16-22(24-18(2)25-23)26-12-14-27(15-13-26)32(28,29)21-10-8-19(30-3)9-11-21/h4-11,16H,12-15H2,1-3H3. The topological polar surface area (TPSA) is 84.9 Å². The van der Waals surface area contributed by atoms with E-state index in [0.717, 1.165) is 11.4 Å². The first-order chi connectivity index (χ1) is 15.3. The zero-order valence-electron chi connectivity index (χ0n) is 18.4. The molecule has 4 rings (SSSR count). The van der Waals surface area contributed by atoms with E-state index in [2.05, 4.69) is 14.9 Å². The molecule has 168 valence electrons. The highest BCUT2D eigenvalue weighted by Gasteiger charge is 2.29. The summed E-state index contributed by atoms with van der Waals surface area (Å²) in [6.07, 6.45) is 0. The first kappa shape index (κ1) is 22.0. The molecule has 0 radical (unpaired) electrons. The van der Waals surface area contributed by atoms with Gasteiger partial charge >= 0.3 is 0 Å². The Labute approximate surface area is 188 Å². The molecule has 0 atom stereocenters. The number of aryl methyl sites for hydroxylation is 2. The summed E-state index contributed by atoms with van der Waals surface area (Å²) in [5.74, 6) is 3.11. The van der Waals surface area contributed by atoms with Crippen LogP contribution in [0.3, 0.4) is 0 Å². The van der Waals surface area contributed by atoms with Crippen LogP contribution >= 0.6 is 0 Å². The minimum Gasteiger partial charge on any atom is -0.497 e. The van der Waals surface area contributed by atoms with Crippen molar-refractivity contribution in [3.63, 3.8) is 0 Å². The van der Waals surface area contributed by atoms with Gasteiger partial charge in [0.1, 0.15) is 23.1 Å². The predicted molar refractivity (Wildman–Crippen MR) is 122 cm³/mol. The van der Waals surface area contributed by atoms with E-state index in [9.17, 15) is 8.42 Å². The number of benzene rings is 2. The molecule has 9 heteroatoms. The van der Waals surface area contributed by atoms with Gasteiger partial charge in [-0.25, -0.2) is 13.4 Å². The van der Waals surface area contributed by atoms with Crippen molar-refractivity contribution in [2.24, 2.45) is 0 Å². The van der Waals surface area contributed by atoms with Crippen LogP contribution in [0.15, 0.2) is 59.5 Å². The number of sulfonamides is 1. The lowest BCUT2D eigenvalue weighted by molar-refractivity contribution is 0.382. The Bertz CT molecular complexity index is 1170. The zero-order chi connectivity index (χ0) is 22.7. The summed E-state index contributed by atoms with van der Waals surface area (Å²) < 4.78 is 38.5. The van der Waals surface area contributed by atoms with Gasteiger partial charge in [-0.1, -0.05) is 17.7 Å². The number of ether oxygens (including phenoxy) is 2. The molecule has 0 amide bonds. The second-order valence-electron chi connectivity index (χ2n) is 7.59. The van der Waals surface area contributed by atoms with Gasteiger partial charge in [0, 0.05) is 32.2 Å². The Morgan fingerprint density at radius 2 is 1.47 bits per heavy atom. The fourth-order valence-electron chi connectivity index (χ4n) is 3.52. The molecular formula is C23H26N4O4S. The van der Waals surface area contributed by atoms with Gasteiger partial charge in [-0.3, -0.25) is 0 Å². The van der Waals surface area contributed by atoms with E-state index in [1.165, 1.54) is 4.31 Å². The molecule has 1 aromatic heterocycles. The van der Waals surface area contributed by atoms with Crippen LogP contribution in [0.5, 0.6) is 17.4 Å². The fourth-order valence-corrected chi connectivity index (χ4v) is 4.94. The molecule has 0 spiro atoms. The van der Waals surface area contributed by atoms with Crippen LogP contribution < -0.4 is 14.4 Å². The minimum absolute atomic E-state index is 0.262. The lowest BCUT2D eigenvalue weighted by Crippen LogP contribution is -2.49. The summed E-state index contributed by atoms with van der Waals surface area (Å²) in [4.78, 5) is 11.2. The van der Waals surface area contributed by atoms with Gasteiger partial charge in [-0.15, -0.1) is 0 Å². The van der Waals surface area contributed by atoms with Crippen LogP contribution in [0.25, 0.3) is 0 Å². The lowest BCUT2D eigenvalue weighted by Gasteiger charge is -2.34. The highest BCUT2D eigenvalue weighted by molar-refractivity contribution is 7.89. The lowest BCUT2D eigenvalue weighted by atomic mass is 10.2. The quantitative estimate of drug-likeness (QED) is 0.564. The molecule has 2 heterocycles. The monoisotopic (exact) mass is 454 g/mol.